The largest absolute Gasteiger partial charge is 0.508 e. The van der Waals surface area contributed by atoms with Crippen LogP contribution in [0.2, 0.25) is 0 Å². The summed E-state index contributed by atoms with van der Waals surface area (Å²) in [6, 6.07) is 9.07. The van der Waals surface area contributed by atoms with E-state index in [1.807, 2.05) is 18.2 Å². The quantitative estimate of drug-likeness (QED) is 0.905. The van der Waals surface area contributed by atoms with E-state index < -0.39 is 5.97 Å². The number of carboxylic acid groups (broad SMARTS) is 1. The van der Waals surface area contributed by atoms with Crippen LogP contribution in [-0.4, -0.2) is 39.2 Å². The second-order valence-electron chi connectivity index (χ2n) is 5.57. The molecule has 2 N–H and O–H groups in total. The van der Waals surface area contributed by atoms with Gasteiger partial charge in [-0.15, -0.1) is 0 Å². The van der Waals surface area contributed by atoms with E-state index in [1.54, 1.807) is 12.1 Å². The Morgan fingerprint density at radius 3 is 2.71 bits per heavy atom. The molecule has 0 amide bonds. The van der Waals surface area contributed by atoms with Crippen LogP contribution in [0, 0.1) is 5.92 Å². The minimum Gasteiger partial charge on any atom is -0.508 e. The fraction of sp³-hybridized carbons (Fsp3) is 0.375. The molecule has 0 bridgehead atoms. The first-order valence-electron chi connectivity index (χ1n) is 7.15. The predicted octanol–water partition coefficient (Wildman–Crippen LogP) is 2.24. The van der Waals surface area contributed by atoms with Crippen LogP contribution >= 0.6 is 0 Å². The van der Waals surface area contributed by atoms with Gasteiger partial charge in [-0.25, -0.2) is 0 Å². The van der Waals surface area contributed by atoms with Crippen molar-refractivity contribution in [3.8, 4) is 5.75 Å². The molecule has 0 aliphatic carbocycles. The Kier molecular flexibility index (Phi) is 3.75. The van der Waals surface area contributed by atoms with E-state index in [4.69, 9.17) is 5.11 Å². The van der Waals surface area contributed by atoms with Crippen molar-refractivity contribution in [1.82, 2.24) is 9.88 Å². The van der Waals surface area contributed by atoms with Crippen molar-refractivity contribution in [1.29, 1.82) is 0 Å². The fourth-order valence-electron chi connectivity index (χ4n) is 2.81. The number of carboxylic acids is 1. The summed E-state index contributed by atoms with van der Waals surface area (Å²) in [5, 5.41) is 19.4. The van der Waals surface area contributed by atoms with Gasteiger partial charge >= 0.3 is 5.97 Å². The number of phenols is 1. The number of benzene rings is 1. The minimum atomic E-state index is -0.682. The predicted molar refractivity (Wildman–Crippen MR) is 79.0 cm³/mol. The van der Waals surface area contributed by atoms with Gasteiger partial charge in [0.25, 0.3) is 0 Å². The summed E-state index contributed by atoms with van der Waals surface area (Å²) in [4.78, 5) is 17.8. The van der Waals surface area contributed by atoms with Crippen LogP contribution in [-0.2, 0) is 11.3 Å². The topological polar surface area (TPSA) is 73.7 Å². The van der Waals surface area contributed by atoms with E-state index >= 15 is 0 Å². The van der Waals surface area contributed by atoms with Gasteiger partial charge in [-0.2, -0.15) is 0 Å². The molecule has 1 aliphatic heterocycles. The smallest absolute Gasteiger partial charge is 0.306 e. The van der Waals surface area contributed by atoms with Crippen molar-refractivity contribution in [2.24, 2.45) is 5.92 Å². The molecule has 5 heteroatoms. The second kappa shape index (κ2) is 5.69. The van der Waals surface area contributed by atoms with Crippen molar-refractivity contribution in [3.63, 3.8) is 0 Å². The number of rotatable bonds is 3. The highest BCUT2D eigenvalue weighted by molar-refractivity contribution is 5.80. The zero-order valence-electron chi connectivity index (χ0n) is 11.7. The van der Waals surface area contributed by atoms with E-state index in [2.05, 4.69) is 9.88 Å². The lowest BCUT2D eigenvalue weighted by molar-refractivity contribution is -0.143. The van der Waals surface area contributed by atoms with Gasteiger partial charge in [0.15, 0.2) is 0 Å². The first-order valence-corrected chi connectivity index (χ1v) is 7.15. The molecule has 1 aromatic carbocycles. The maximum Gasteiger partial charge on any atom is 0.306 e. The van der Waals surface area contributed by atoms with Gasteiger partial charge in [-0.05, 0) is 50.2 Å². The van der Waals surface area contributed by atoms with Gasteiger partial charge in [0.05, 0.1) is 17.1 Å². The molecule has 1 fully saturated rings. The highest BCUT2D eigenvalue weighted by Gasteiger charge is 2.24. The van der Waals surface area contributed by atoms with Crippen molar-refractivity contribution < 1.29 is 15.0 Å². The molecule has 21 heavy (non-hydrogen) atoms. The summed E-state index contributed by atoms with van der Waals surface area (Å²) in [5.41, 5.74) is 1.84. The third-order valence-corrected chi connectivity index (χ3v) is 4.05. The highest BCUT2D eigenvalue weighted by atomic mass is 16.4. The number of aromatic nitrogens is 1. The maximum atomic E-state index is 10.9. The van der Waals surface area contributed by atoms with Crippen molar-refractivity contribution >= 4 is 16.9 Å². The van der Waals surface area contributed by atoms with Crippen molar-refractivity contribution in [2.75, 3.05) is 13.1 Å². The zero-order chi connectivity index (χ0) is 14.8. The van der Waals surface area contributed by atoms with Crippen LogP contribution < -0.4 is 0 Å². The van der Waals surface area contributed by atoms with E-state index in [-0.39, 0.29) is 11.7 Å². The first kappa shape index (κ1) is 13.8. The fourth-order valence-corrected chi connectivity index (χ4v) is 2.81. The zero-order valence-corrected chi connectivity index (χ0v) is 11.7. The molecule has 0 spiro atoms. The van der Waals surface area contributed by atoms with E-state index in [0.717, 1.165) is 36.2 Å². The molecule has 2 heterocycles. The standard InChI is InChI=1S/C16H18N2O3/c19-14-3-4-15-12(9-14)1-2-13(17-15)10-18-7-5-11(6-8-18)16(20)21/h1-4,9,11,19H,5-8,10H2,(H,20,21). The lowest BCUT2D eigenvalue weighted by Gasteiger charge is -2.29. The van der Waals surface area contributed by atoms with Crippen LogP contribution in [0.1, 0.15) is 18.5 Å². The Hall–Kier alpha value is -2.14. The van der Waals surface area contributed by atoms with Crippen LogP contribution in [0.3, 0.4) is 0 Å². The number of hydrogen-bond donors (Lipinski definition) is 2. The Morgan fingerprint density at radius 1 is 1.24 bits per heavy atom. The van der Waals surface area contributed by atoms with Gasteiger partial charge in [-0.1, -0.05) is 6.07 Å². The molecule has 3 rings (SSSR count). The monoisotopic (exact) mass is 286 g/mol. The van der Waals surface area contributed by atoms with Gasteiger partial charge in [0.1, 0.15) is 5.75 Å². The number of likely N-dealkylation sites (tertiary alicyclic amines) is 1. The van der Waals surface area contributed by atoms with Crippen LogP contribution in [0.4, 0.5) is 0 Å². The van der Waals surface area contributed by atoms with Gasteiger partial charge in [-0.3, -0.25) is 14.7 Å². The van der Waals surface area contributed by atoms with Crippen LogP contribution in [0.15, 0.2) is 30.3 Å². The third-order valence-electron chi connectivity index (χ3n) is 4.05. The third kappa shape index (κ3) is 3.13. The average Bonchev–Trinajstić information content (AvgIpc) is 2.48. The van der Waals surface area contributed by atoms with Crippen LogP contribution in [0.25, 0.3) is 10.9 Å². The molecule has 0 radical (unpaired) electrons. The molecule has 0 atom stereocenters. The molecule has 1 aliphatic rings. The number of aromatic hydroxyl groups is 1. The van der Waals surface area contributed by atoms with Gasteiger partial charge in [0.2, 0.25) is 0 Å². The van der Waals surface area contributed by atoms with Gasteiger partial charge < -0.3 is 10.2 Å². The molecule has 1 aromatic heterocycles. The number of hydrogen-bond acceptors (Lipinski definition) is 4. The Labute approximate surface area is 122 Å². The normalized spacial score (nSPS) is 17.1. The van der Waals surface area contributed by atoms with Crippen molar-refractivity contribution in [2.45, 2.75) is 19.4 Å². The molecule has 5 nitrogen and oxygen atoms in total. The lowest BCUT2D eigenvalue weighted by atomic mass is 9.97. The summed E-state index contributed by atoms with van der Waals surface area (Å²) >= 11 is 0. The van der Waals surface area contributed by atoms with E-state index in [9.17, 15) is 9.90 Å². The summed E-state index contributed by atoms with van der Waals surface area (Å²) in [6.07, 6.45) is 1.41. The van der Waals surface area contributed by atoms with Gasteiger partial charge in [0, 0.05) is 11.9 Å². The number of nitrogens with zero attached hydrogens (tertiary/aromatic N) is 2. The first-order chi connectivity index (χ1) is 10.1. The molecule has 1 saturated heterocycles. The summed E-state index contributed by atoms with van der Waals surface area (Å²) in [6.45, 7) is 2.33. The Morgan fingerprint density at radius 2 is 2.00 bits per heavy atom. The van der Waals surface area contributed by atoms with Crippen LogP contribution in [0.5, 0.6) is 5.75 Å². The number of piperidine rings is 1. The Balaban J connectivity index is 1.68. The molecule has 2 aromatic rings. The highest BCUT2D eigenvalue weighted by Crippen LogP contribution is 2.21. The number of pyridine rings is 1. The molecule has 110 valence electrons. The lowest BCUT2D eigenvalue weighted by Crippen LogP contribution is -2.36. The molecular weight excluding hydrogens is 268 g/mol. The second-order valence-corrected chi connectivity index (χ2v) is 5.57. The SMILES string of the molecule is O=C(O)C1CCN(Cc2ccc3cc(O)ccc3n2)CC1. The summed E-state index contributed by atoms with van der Waals surface area (Å²) in [7, 11) is 0. The molecular formula is C16H18N2O3. The number of carbonyl (C=O) groups is 1. The Bertz CT molecular complexity index is 664. The number of phenolic OH excluding ortho intramolecular Hbond substituents is 1. The molecule has 0 saturated carbocycles. The maximum absolute atomic E-state index is 10.9. The summed E-state index contributed by atoms with van der Waals surface area (Å²) < 4.78 is 0. The minimum absolute atomic E-state index is 0.200. The average molecular weight is 286 g/mol. The van der Waals surface area contributed by atoms with Crippen molar-refractivity contribution in [3.05, 3.63) is 36.0 Å². The van der Waals surface area contributed by atoms with E-state index in [1.165, 1.54) is 0 Å². The molecule has 0 unspecified atom stereocenters. The van der Waals surface area contributed by atoms with E-state index in [0.29, 0.717) is 12.8 Å². The number of aliphatic carboxylic acids is 1. The number of fused-ring (bicyclic) bond motifs is 1. The summed E-state index contributed by atoms with van der Waals surface area (Å²) in [5.74, 6) is -0.639.